The quantitative estimate of drug-likeness (QED) is 0.234. The summed E-state index contributed by atoms with van der Waals surface area (Å²) in [5.41, 5.74) is 0.823. The summed E-state index contributed by atoms with van der Waals surface area (Å²) in [7, 11) is -2.48. The molecule has 3 amide bonds. The molecule has 284 valence electrons. The number of ether oxygens (including phenoxy) is 3. The van der Waals surface area contributed by atoms with E-state index in [1.54, 1.807) is 35.2 Å². The molecule has 0 fully saturated rings. The van der Waals surface area contributed by atoms with Gasteiger partial charge in [-0.05, 0) is 108 Å². The van der Waals surface area contributed by atoms with Crippen molar-refractivity contribution in [3.05, 3.63) is 84.2 Å². The van der Waals surface area contributed by atoms with Crippen molar-refractivity contribution in [2.75, 3.05) is 44.0 Å². The molecule has 13 heteroatoms. The highest BCUT2D eigenvalue weighted by atomic mass is 32.2. The molecule has 52 heavy (non-hydrogen) atoms. The largest absolute Gasteiger partial charge is 0.490 e. The van der Waals surface area contributed by atoms with E-state index >= 15 is 0 Å². The number of fused-ring (bicyclic) bond motifs is 1. The number of urea groups is 1. The van der Waals surface area contributed by atoms with Gasteiger partial charge in [-0.25, -0.2) is 17.6 Å². The number of halogens is 1. The maximum Gasteiger partial charge on any atom is 0.323 e. The first kappa shape index (κ1) is 40.7. The summed E-state index contributed by atoms with van der Waals surface area (Å²) in [5, 5.41) is 5.62. The van der Waals surface area contributed by atoms with Crippen molar-refractivity contribution in [1.82, 2.24) is 9.21 Å². The number of rotatable bonds is 9. The van der Waals surface area contributed by atoms with E-state index in [1.807, 2.05) is 59.7 Å². The van der Waals surface area contributed by atoms with Gasteiger partial charge in [-0.15, -0.1) is 0 Å². The molecule has 0 radical (unpaired) electrons. The number of benzene rings is 3. The monoisotopic (exact) mass is 740 g/mol. The summed E-state index contributed by atoms with van der Waals surface area (Å²) in [4.78, 5) is 29.3. The summed E-state index contributed by atoms with van der Waals surface area (Å²) >= 11 is 0. The molecule has 3 aromatic carbocycles. The Morgan fingerprint density at radius 3 is 2.37 bits per heavy atom. The minimum atomic E-state index is -3.96. The lowest BCUT2D eigenvalue weighted by Crippen LogP contribution is -2.48. The number of amides is 3. The Bertz CT molecular complexity index is 1740. The molecule has 0 bridgehead atoms. The highest BCUT2D eigenvalue weighted by Gasteiger charge is 2.33. The van der Waals surface area contributed by atoms with Gasteiger partial charge in [0.2, 0.25) is 10.0 Å². The van der Waals surface area contributed by atoms with E-state index in [2.05, 4.69) is 10.6 Å². The van der Waals surface area contributed by atoms with E-state index in [-0.39, 0.29) is 48.1 Å². The lowest BCUT2D eigenvalue weighted by Gasteiger charge is -2.37. The van der Waals surface area contributed by atoms with Crippen LogP contribution in [-0.4, -0.2) is 86.8 Å². The van der Waals surface area contributed by atoms with Crippen molar-refractivity contribution in [3.63, 3.8) is 0 Å². The standard InChI is InChI=1S/C39H53FN4O7S/c1-27-24-44(28(2)26-50-39(4,5)6)37(45)34-23-32(42-38(46)41-31-14-9-8-10-15-31)18-21-35(34)51-29(3)13-11-12-22-49-36(27)25-43(7)52(47,48)33-19-16-30(40)17-20-33/h8-10,14-21,23,27-29,36H,11-13,22,24-26H2,1-7H3,(H2,41,42,46)/t27-,28+,29+,36+/m1/s1. The molecular formula is C39H53FN4O7S. The van der Waals surface area contributed by atoms with Gasteiger partial charge in [0.25, 0.3) is 5.91 Å². The molecule has 1 heterocycles. The van der Waals surface area contributed by atoms with Crippen LogP contribution in [-0.2, 0) is 19.5 Å². The third-order valence-corrected chi connectivity index (χ3v) is 10.6. The molecule has 0 aliphatic carbocycles. The number of carbonyl (C=O) groups excluding carboxylic acids is 2. The van der Waals surface area contributed by atoms with Gasteiger partial charge in [0, 0.05) is 44.0 Å². The first-order chi connectivity index (χ1) is 24.5. The van der Waals surface area contributed by atoms with E-state index < -0.39 is 39.6 Å². The smallest absolute Gasteiger partial charge is 0.323 e. The van der Waals surface area contributed by atoms with Gasteiger partial charge in [-0.1, -0.05) is 25.1 Å². The molecule has 3 aromatic rings. The van der Waals surface area contributed by atoms with Crippen molar-refractivity contribution >= 4 is 33.3 Å². The topological polar surface area (TPSA) is 127 Å². The zero-order valence-electron chi connectivity index (χ0n) is 31.2. The van der Waals surface area contributed by atoms with Crippen molar-refractivity contribution in [1.29, 1.82) is 0 Å². The average molecular weight is 741 g/mol. The van der Waals surface area contributed by atoms with Crippen LogP contribution in [0.4, 0.5) is 20.6 Å². The Morgan fingerprint density at radius 1 is 1.02 bits per heavy atom. The van der Waals surface area contributed by atoms with Crippen LogP contribution in [0.1, 0.15) is 71.2 Å². The summed E-state index contributed by atoms with van der Waals surface area (Å²) in [6.45, 7) is 12.4. The number of carbonyl (C=O) groups is 2. The summed E-state index contributed by atoms with van der Waals surface area (Å²) in [6, 6.07) is 17.9. The Balaban J connectivity index is 1.68. The Labute approximate surface area is 307 Å². The molecule has 4 rings (SSSR count). The zero-order chi connectivity index (χ0) is 38.1. The number of anilines is 2. The first-order valence-electron chi connectivity index (χ1n) is 17.8. The molecular weight excluding hydrogens is 688 g/mol. The summed E-state index contributed by atoms with van der Waals surface area (Å²) in [6.07, 6.45) is 1.37. The average Bonchev–Trinajstić information content (AvgIpc) is 3.09. The normalized spacial score (nSPS) is 20.0. The fourth-order valence-corrected chi connectivity index (χ4v) is 6.96. The van der Waals surface area contributed by atoms with Crippen LogP contribution in [0.5, 0.6) is 5.75 Å². The molecule has 11 nitrogen and oxygen atoms in total. The minimum Gasteiger partial charge on any atom is -0.490 e. The molecule has 0 spiro atoms. The third-order valence-electron chi connectivity index (χ3n) is 8.79. The van der Waals surface area contributed by atoms with Gasteiger partial charge in [0.1, 0.15) is 11.6 Å². The van der Waals surface area contributed by atoms with Gasteiger partial charge >= 0.3 is 6.03 Å². The van der Waals surface area contributed by atoms with E-state index in [4.69, 9.17) is 14.2 Å². The summed E-state index contributed by atoms with van der Waals surface area (Å²) in [5.74, 6) is -0.813. The lowest BCUT2D eigenvalue weighted by atomic mass is 10.0. The van der Waals surface area contributed by atoms with Crippen LogP contribution in [0.2, 0.25) is 0 Å². The molecule has 0 saturated carbocycles. The minimum absolute atomic E-state index is 0.0104. The number of likely N-dealkylation sites (N-methyl/N-ethyl adjacent to an activating group) is 1. The Morgan fingerprint density at radius 2 is 1.69 bits per heavy atom. The van der Waals surface area contributed by atoms with Crippen molar-refractivity contribution in [2.45, 2.75) is 89.6 Å². The van der Waals surface area contributed by atoms with Crippen LogP contribution in [0, 0.1) is 11.7 Å². The van der Waals surface area contributed by atoms with Crippen molar-refractivity contribution in [3.8, 4) is 5.75 Å². The van der Waals surface area contributed by atoms with Crippen molar-refractivity contribution in [2.24, 2.45) is 5.92 Å². The lowest BCUT2D eigenvalue weighted by molar-refractivity contribution is -0.0389. The molecule has 2 N–H and O–H groups in total. The van der Waals surface area contributed by atoms with Crippen LogP contribution in [0.3, 0.4) is 0 Å². The van der Waals surface area contributed by atoms with Gasteiger partial charge in [0.15, 0.2) is 0 Å². The molecule has 4 atom stereocenters. The number of sulfonamides is 1. The maximum absolute atomic E-state index is 14.7. The molecule has 1 aliphatic heterocycles. The first-order valence-corrected chi connectivity index (χ1v) is 19.2. The van der Waals surface area contributed by atoms with E-state index in [0.717, 1.165) is 25.0 Å². The van der Waals surface area contributed by atoms with Gasteiger partial charge in [0.05, 0.1) is 40.9 Å². The SMILES string of the molecule is C[C@@H]1CN([C@@H](C)COC(C)(C)C)C(=O)c2cc(NC(=O)Nc3ccccc3)ccc2O[C@@H](C)CCCCO[C@H]1CN(C)S(=O)(=O)c1ccc(F)cc1. The number of hydrogen-bond donors (Lipinski definition) is 2. The third kappa shape index (κ3) is 11.7. The second-order valence-electron chi connectivity index (χ2n) is 14.4. The van der Waals surface area contributed by atoms with E-state index in [9.17, 15) is 22.4 Å². The van der Waals surface area contributed by atoms with Gasteiger partial charge in [-0.2, -0.15) is 4.31 Å². The molecule has 1 aliphatic rings. The highest BCUT2D eigenvalue weighted by Crippen LogP contribution is 2.29. The number of hydrogen-bond acceptors (Lipinski definition) is 7. The van der Waals surface area contributed by atoms with E-state index in [1.165, 1.54) is 23.5 Å². The van der Waals surface area contributed by atoms with Crippen LogP contribution >= 0.6 is 0 Å². The van der Waals surface area contributed by atoms with Crippen LogP contribution < -0.4 is 15.4 Å². The molecule has 0 unspecified atom stereocenters. The number of nitrogens with zero attached hydrogens (tertiary/aromatic N) is 2. The maximum atomic E-state index is 14.7. The van der Waals surface area contributed by atoms with Gasteiger partial charge in [-0.3, -0.25) is 4.79 Å². The predicted molar refractivity (Wildman–Crippen MR) is 201 cm³/mol. The van der Waals surface area contributed by atoms with Crippen LogP contribution in [0.25, 0.3) is 0 Å². The molecule has 0 aromatic heterocycles. The predicted octanol–water partition coefficient (Wildman–Crippen LogP) is 7.41. The second kappa shape index (κ2) is 18.1. The fraction of sp³-hybridized carbons (Fsp3) is 0.487. The van der Waals surface area contributed by atoms with E-state index in [0.29, 0.717) is 30.2 Å². The highest BCUT2D eigenvalue weighted by molar-refractivity contribution is 7.89. The summed E-state index contributed by atoms with van der Waals surface area (Å²) < 4.78 is 60.7. The second-order valence-corrected chi connectivity index (χ2v) is 16.5. The van der Waals surface area contributed by atoms with Crippen LogP contribution in [0.15, 0.2) is 77.7 Å². The van der Waals surface area contributed by atoms with Gasteiger partial charge < -0.3 is 29.7 Å². The van der Waals surface area contributed by atoms with Crippen molar-refractivity contribution < 1.29 is 36.6 Å². The zero-order valence-corrected chi connectivity index (χ0v) is 32.0. The Hall–Kier alpha value is -4.04. The molecule has 0 saturated heterocycles. The number of para-hydroxylation sites is 1. The number of nitrogens with one attached hydrogen (secondary N) is 2. The fourth-order valence-electron chi connectivity index (χ4n) is 5.78. The Kier molecular flexibility index (Phi) is 14.2.